The Hall–Kier alpha value is -2.68. The average molecular weight is 397 g/mol. The molecule has 0 spiro atoms. The molecule has 3 N–H and O–H groups in total. The number of alkyl halides is 3. The number of amides is 1. The van der Waals surface area contributed by atoms with E-state index in [1.165, 1.54) is 19.1 Å². The van der Waals surface area contributed by atoms with Gasteiger partial charge in [-0.05, 0) is 43.2 Å². The van der Waals surface area contributed by atoms with Crippen LogP contribution in [-0.2, 0) is 12.7 Å². The molecule has 2 heterocycles. The molecule has 0 saturated heterocycles. The van der Waals surface area contributed by atoms with E-state index < -0.39 is 23.5 Å². The molecule has 4 nitrogen and oxygen atoms in total. The van der Waals surface area contributed by atoms with Crippen molar-refractivity contribution in [1.82, 2.24) is 10.3 Å². The number of carbonyl (C=O) groups excluding carboxylic acids is 1. The zero-order valence-electron chi connectivity index (χ0n) is 14.4. The van der Waals surface area contributed by atoms with E-state index in [2.05, 4.69) is 10.3 Å². The van der Waals surface area contributed by atoms with Gasteiger partial charge in [0, 0.05) is 17.6 Å². The van der Waals surface area contributed by atoms with E-state index >= 15 is 0 Å². The van der Waals surface area contributed by atoms with Crippen LogP contribution in [0.4, 0.5) is 23.2 Å². The molecule has 0 unspecified atom stereocenters. The van der Waals surface area contributed by atoms with Crippen molar-refractivity contribution in [2.45, 2.75) is 26.6 Å². The Bertz CT molecular complexity index is 1040. The number of fused-ring (bicyclic) bond motifs is 1. The van der Waals surface area contributed by atoms with Gasteiger partial charge in [-0.3, -0.25) is 4.79 Å². The number of carbonyl (C=O) groups is 1. The molecule has 0 saturated carbocycles. The Balaban J connectivity index is 1.96. The molecule has 142 valence electrons. The lowest BCUT2D eigenvalue weighted by Gasteiger charge is -2.10. The lowest BCUT2D eigenvalue weighted by Crippen LogP contribution is -2.23. The molecular weight excluding hydrogens is 382 g/mol. The molecule has 0 bridgehead atoms. The van der Waals surface area contributed by atoms with E-state index in [9.17, 15) is 22.4 Å². The standard InChI is InChI=1S/C18H15F4N3OS/c1-8-3-4-11(19)6-10(8)7-24-16(26)15-14(23)13-12(18(20,21)22)5-9(2)25-17(13)27-15/h3-6H,7,23H2,1-2H3,(H,24,26). The molecule has 0 radical (unpaired) electrons. The Morgan fingerprint density at radius 2 is 1.96 bits per heavy atom. The topological polar surface area (TPSA) is 68.0 Å². The van der Waals surface area contributed by atoms with Crippen LogP contribution in [0, 0.1) is 19.7 Å². The fraction of sp³-hybridized carbons (Fsp3) is 0.222. The zero-order valence-corrected chi connectivity index (χ0v) is 15.2. The van der Waals surface area contributed by atoms with Gasteiger partial charge in [-0.1, -0.05) is 6.07 Å². The smallest absolute Gasteiger partial charge is 0.397 e. The van der Waals surface area contributed by atoms with Gasteiger partial charge in [0.1, 0.15) is 15.5 Å². The summed E-state index contributed by atoms with van der Waals surface area (Å²) in [4.78, 5) is 16.5. The molecule has 27 heavy (non-hydrogen) atoms. The van der Waals surface area contributed by atoms with E-state index in [1.807, 2.05) is 0 Å². The Morgan fingerprint density at radius 3 is 2.63 bits per heavy atom. The number of thiophene rings is 1. The summed E-state index contributed by atoms with van der Waals surface area (Å²) in [6.07, 6.45) is -4.62. The summed E-state index contributed by atoms with van der Waals surface area (Å²) in [6.45, 7) is 3.22. The van der Waals surface area contributed by atoms with Gasteiger partial charge in [0.05, 0.1) is 11.3 Å². The van der Waals surface area contributed by atoms with Gasteiger partial charge in [0.2, 0.25) is 0 Å². The van der Waals surface area contributed by atoms with Gasteiger partial charge in [-0.25, -0.2) is 9.37 Å². The van der Waals surface area contributed by atoms with Crippen molar-refractivity contribution >= 4 is 33.1 Å². The first-order valence-corrected chi connectivity index (χ1v) is 8.69. The largest absolute Gasteiger partial charge is 0.417 e. The van der Waals surface area contributed by atoms with Crippen molar-refractivity contribution in [3.8, 4) is 0 Å². The lowest BCUT2D eigenvalue weighted by molar-refractivity contribution is -0.136. The molecule has 0 fully saturated rings. The molecule has 0 aliphatic carbocycles. The van der Waals surface area contributed by atoms with Crippen LogP contribution in [0.15, 0.2) is 24.3 Å². The third-order valence-electron chi connectivity index (χ3n) is 4.09. The van der Waals surface area contributed by atoms with Gasteiger partial charge >= 0.3 is 6.18 Å². The number of halogens is 4. The summed E-state index contributed by atoms with van der Waals surface area (Å²) < 4.78 is 53.3. The predicted molar refractivity (Wildman–Crippen MR) is 96.1 cm³/mol. The molecule has 0 atom stereocenters. The highest BCUT2D eigenvalue weighted by Crippen LogP contribution is 2.42. The van der Waals surface area contributed by atoms with Crippen LogP contribution in [-0.4, -0.2) is 10.9 Å². The molecule has 1 aromatic carbocycles. The van der Waals surface area contributed by atoms with Crippen molar-refractivity contribution in [3.63, 3.8) is 0 Å². The van der Waals surface area contributed by atoms with Gasteiger partial charge < -0.3 is 11.1 Å². The first kappa shape index (κ1) is 19.1. The summed E-state index contributed by atoms with van der Waals surface area (Å²) >= 11 is 0.797. The van der Waals surface area contributed by atoms with E-state index in [1.54, 1.807) is 13.0 Å². The third kappa shape index (κ3) is 3.73. The number of aryl methyl sites for hydroxylation is 2. The minimum Gasteiger partial charge on any atom is -0.397 e. The second kappa shape index (κ2) is 6.80. The van der Waals surface area contributed by atoms with Crippen LogP contribution in [0.3, 0.4) is 0 Å². The second-order valence-corrected chi connectivity index (χ2v) is 7.09. The third-order valence-corrected chi connectivity index (χ3v) is 5.19. The number of rotatable bonds is 3. The van der Waals surface area contributed by atoms with Crippen LogP contribution in [0.2, 0.25) is 0 Å². The number of hydrogen-bond donors (Lipinski definition) is 2. The highest BCUT2D eigenvalue weighted by Gasteiger charge is 2.35. The van der Waals surface area contributed by atoms with Crippen LogP contribution in [0.25, 0.3) is 10.2 Å². The minimum absolute atomic E-state index is 0.0225. The number of benzene rings is 1. The SMILES string of the molecule is Cc1cc(C(F)(F)F)c2c(N)c(C(=O)NCc3cc(F)ccc3C)sc2n1. The Kier molecular flexibility index (Phi) is 4.81. The quantitative estimate of drug-likeness (QED) is 0.636. The first-order chi connectivity index (χ1) is 12.6. The number of nitrogens with two attached hydrogens (primary N) is 1. The maximum atomic E-state index is 13.3. The molecular formula is C18H15F4N3OS. The number of aromatic nitrogens is 1. The van der Waals surface area contributed by atoms with Gasteiger partial charge in [0.15, 0.2) is 0 Å². The Labute approximate surface area is 156 Å². The zero-order chi connectivity index (χ0) is 19.9. The summed E-state index contributed by atoms with van der Waals surface area (Å²) in [6, 6.07) is 5.07. The van der Waals surface area contributed by atoms with Gasteiger partial charge in [0.25, 0.3) is 5.91 Å². The van der Waals surface area contributed by atoms with Crippen LogP contribution in [0.1, 0.15) is 32.1 Å². The first-order valence-electron chi connectivity index (χ1n) is 7.88. The average Bonchev–Trinajstić information content (AvgIpc) is 2.90. The number of nitrogens with zero attached hydrogens (tertiary/aromatic N) is 1. The Morgan fingerprint density at radius 1 is 1.26 bits per heavy atom. The van der Waals surface area contributed by atoms with Crippen LogP contribution in [0.5, 0.6) is 0 Å². The molecule has 0 aliphatic heterocycles. The fourth-order valence-electron chi connectivity index (χ4n) is 2.72. The highest BCUT2D eigenvalue weighted by atomic mass is 32.1. The number of pyridine rings is 1. The summed E-state index contributed by atoms with van der Waals surface area (Å²) in [5.41, 5.74) is 6.20. The predicted octanol–water partition coefficient (Wildman–Crippen LogP) is 4.58. The molecule has 0 aliphatic rings. The van der Waals surface area contributed by atoms with Crippen LogP contribution < -0.4 is 11.1 Å². The van der Waals surface area contributed by atoms with Crippen molar-refractivity contribution in [2.75, 3.05) is 5.73 Å². The van der Waals surface area contributed by atoms with Gasteiger partial charge in [-0.15, -0.1) is 11.3 Å². The minimum atomic E-state index is -4.62. The normalized spacial score (nSPS) is 11.8. The summed E-state index contributed by atoms with van der Waals surface area (Å²) in [7, 11) is 0. The molecule has 3 aromatic rings. The van der Waals surface area contributed by atoms with Gasteiger partial charge in [-0.2, -0.15) is 13.2 Å². The molecule has 2 aromatic heterocycles. The summed E-state index contributed by atoms with van der Waals surface area (Å²) in [5, 5.41) is 2.30. The van der Waals surface area contributed by atoms with Crippen molar-refractivity contribution < 1.29 is 22.4 Å². The van der Waals surface area contributed by atoms with Crippen molar-refractivity contribution in [3.05, 3.63) is 57.3 Å². The van der Waals surface area contributed by atoms with E-state index in [-0.39, 0.29) is 33.0 Å². The number of hydrogen-bond acceptors (Lipinski definition) is 4. The maximum absolute atomic E-state index is 13.3. The summed E-state index contributed by atoms with van der Waals surface area (Å²) in [5.74, 6) is -1.08. The lowest BCUT2D eigenvalue weighted by atomic mass is 10.1. The van der Waals surface area contributed by atoms with Crippen molar-refractivity contribution in [1.29, 1.82) is 0 Å². The molecule has 9 heteroatoms. The fourth-order valence-corrected chi connectivity index (χ4v) is 3.80. The number of anilines is 1. The second-order valence-electron chi connectivity index (χ2n) is 6.09. The number of nitrogen functional groups attached to an aromatic ring is 1. The monoisotopic (exact) mass is 397 g/mol. The van der Waals surface area contributed by atoms with Crippen LogP contribution >= 0.6 is 11.3 Å². The number of nitrogens with one attached hydrogen (secondary N) is 1. The highest BCUT2D eigenvalue weighted by molar-refractivity contribution is 7.21. The molecule has 3 rings (SSSR count). The van der Waals surface area contributed by atoms with E-state index in [4.69, 9.17) is 5.73 Å². The van der Waals surface area contributed by atoms with E-state index in [0.717, 1.165) is 23.0 Å². The molecule has 1 amide bonds. The maximum Gasteiger partial charge on any atom is 0.417 e. The van der Waals surface area contributed by atoms with Crippen molar-refractivity contribution in [2.24, 2.45) is 0 Å². The van der Waals surface area contributed by atoms with E-state index in [0.29, 0.717) is 5.56 Å².